The van der Waals surface area contributed by atoms with Gasteiger partial charge in [-0.2, -0.15) is 0 Å². The Balaban J connectivity index is 1.69. The van der Waals surface area contributed by atoms with Crippen LogP contribution >= 0.6 is 0 Å². The van der Waals surface area contributed by atoms with Crippen LogP contribution in [-0.4, -0.2) is 34.8 Å². The maximum atomic E-state index is 12.3. The smallest absolute Gasteiger partial charge is 0.254 e. The van der Waals surface area contributed by atoms with Gasteiger partial charge in [-0.25, -0.2) is 0 Å². The van der Waals surface area contributed by atoms with E-state index in [1.807, 2.05) is 36.4 Å². The highest BCUT2D eigenvalue weighted by Crippen LogP contribution is 2.19. The van der Waals surface area contributed by atoms with E-state index in [1.165, 1.54) is 0 Å². The number of hydrogen-bond acceptors (Lipinski definition) is 3. The summed E-state index contributed by atoms with van der Waals surface area (Å²) in [5.41, 5.74) is 7.82. The van der Waals surface area contributed by atoms with Crippen LogP contribution in [0.1, 0.15) is 21.6 Å². The molecular formula is C17H17N3O2. The number of nitrogens with zero attached hydrogens (tertiary/aromatic N) is 2. The molecule has 3 rings (SSSR count). The molecule has 2 N–H and O–H groups in total. The van der Waals surface area contributed by atoms with Gasteiger partial charge in [-0.3, -0.25) is 14.6 Å². The van der Waals surface area contributed by atoms with E-state index in [4.69, 9.17) is 5.73 Å². The van der Waals surface area contributed by atoms with Gasteiger partial charge in [0.1, 0.15) is 0 Å². The zero-order chi connectivity index (χ0) is 15.5. The third-order valence-electron chi connectivity index (χ3n) is 3.86. The number of amides is 2. The number of pyridine rings is 1. The number of carbonyl (C=O) groups excluding carboxylic acids is 2. The zero-order valence-corrected chi connectivity index (χ0v) is 12.1. The van der Waals surface area contributed by atoms with E-state index in [1.54, 1.807) is 17.2 Å². The van der Waals surface area contributed by atoms with Gasteiger partial charge in [0.2, 0.25) is 5.91 Å². The van der Waals surface area contributed by atoms with Gasteiger partial charge in [-0.1, -0.05) is 30.3 Å². The van der Waals surface area contributed by atoms with Crippen molar-refractivity contribution in [1.82, 2.24) is 9.88 Å². The Hall–Kier alpha value is -2.69. The van der Waals surface area contributed by atoms with Gasteiger partial charge < -0.3 is 10.6 Å². The highest BCUT2D eigenvalue weighted by atomic mass is 16.2. The summed E-state index contributed by atoms with van der Waals surface area (Å²) in [6.45, 7) is 0.815. The van der Waals surface area contributed by atoms with Gasteiger partial charge in [0.25, 0.3) is 5.91 Å². The molecule has 0 aliphatic carbocycles. The van der Waals surface area contributed by atoms with Crippen molar-refractivity contribution < 1.29 is 9.59 Å². The molecule has 1 saturated heterocycles. The van der Waals surface area contributed by atoms with Gasteiger partial charge in [-0.15, -0.1) is 0 Å². The second kappa shape index (κ2) is 5.97. The van der Waals surface area contributed by atoms with E-state index in [2.05, 4.69) is 4.98 Å². The molecule has 5 heteroatoms. The van der Waals surface area contributed by atoms with Crippen molar-refractivity contribution in [2.24, 2.45) is 11.7 Å². The van der Waals surface area contributed by atoms with E-state index in [9.17, 15) is 9.59 Å². The summed E-state index contributed by atoms with van der Waals surface area (Å²) in [5, 5.41) is 0. The largest absolute Gasteiger partial charge is 0.369 e. The van der Waals surface area contributed by atoms with E-state index in [-0.39, 0.29) is 17.7 Å². The van der Waals surface area contributed by atoms with Crippen LogP contribution in [0.25, 0.3) is 0 Å². The monoisotopic (exact) mass is 295 g/mol. The number of carbonyl (C=O) groups is 2. The Morgan fingerprint density at radius 1 is 1.18 bits per heavy atom. The molecule has 0 atom stereocenters. The SMILES string of the molecule is NC(=O)C1CN(C(=O)c2ccnc(Cc3ccccc3)c2)C1. The zero-order valence-electron chi connectivity index (χ0n) is 12.1. The Bertz CT molecular complexity index is 694. The third kappa shape index (κ3) is 2.98. The second-order valence-corrected chi connectivity index (χ2v) is 5.51. The quantitative estimate of drug-likeness (QED) is 0.921. The molecule has 0 spiro atoms. The van der Waals surface area contributed by atoms with Crippen LogP contribution in [0, 0.1) is 5.92 Å². The number of aromatic nitrogens is 1. The Kier molecular flexibility index (Phi) is 3.87. The summed E-state index contributed by atoms with van der Waals surface area (Å²) in [6, 6.07) is 13.5. The van der Waals surface area contributed by atoms with Crippen molar-refractivity contribution in [3.8, 4) is 0 Å². The molecule has 0 saturated carbocycles. The summed E-state index contributed by atoms with van der Waals surface area (Å²) in [6.07, 6.45) is 2.34. The van der Waals surface area contributed by atoms with Crippen molar-refractivity contribution in [3.05, 3.63) is 65.5 Å². The third-order valence-corrected chi connectivity index (χ3v) is 3.86. The second-order valence-electron chi connectivity index (χ2n) is 5.51. The number of benzene rings is 1. The van der Waals surface area contributed by atoms with Crippen molar-refractivity contribution in [3.63, 3.8) is 0 Å². The minimum Gasteiger partial charge on any atom is -0.369 e. The molecular weight excluding hydrogens is 278 g/mol. The Morgan fingerprint density at radius 2 is 1.91 bits per heavy atom. The fraction of sp³-hybridized carbons (Fsp3) is 0.235. The summed E-state index contributed by atoms with van der Waals surface area (Å²) >= 11 is 0. The van der Waals surface area contributed by atoms with E-state index < -0.39 is 0 Å². The molecule has 2 amide bonds. The molecule has 1 aliphatic heterocycles. The molecule has 1 aliphatic rings. The average Bonchev–Trinajstić information content (AvgIpc) is 2.46. The molecule has 5 nitrogen and oxygen atoms in total. The molecule has 112 valence electrons. The predicted octanol–water partition coefficient (Wildman–Crippen LogP) is 1.23. The van der Waals surface area contributed by atoms with Crippen LogP contribution in [0.2, 0.25) is 0 Å². The topological polar surface area (TPSA) is 76.3 Å². The molecule has 2 aromatic rings. The van der Waals surface area contributed by atoms with Gasteiger partial charge in [0.15, 0.2) is 0 Å². The van der Waals surface area contributed by atoms with Crippen molar-refractivity contribution in [2.45, 2.75) is 6.42 Å². The molecule has 2 heterocycles. The first-order valence-corrected chi connectivity index (χ1v) is 7.21. The Morgan fingerprint density at radius 3 is 2.59 bits per heavy atom. The summed E-state index contributed by atoms with van der Waals surface area (Å²) in [7, 11) is 0. The predicted molar refractivity (Wildman–Crippen MR) is 82.1 cm³/mol. The molecule has 0 radical (unpaired) electrons. The lowest BCUT2D eigenvalue weighted by Gasteiger charge is -2.37. The lowest BCUT2D eigenvalue weighted by molar-refractivity contribution is -0.125. The van der Waals surface area contributed by atoms with Crippen LogP contribution in [-0.2, 0) is 11.2 Å². The minimum atomic E-state index is -0.344. The molecule has 1 fully saturated rings. The Labute approximate surface area is 128 Å². The van der Waals surface area contributed by atoms with Crippen LogP contribution in [0.15, 0.2) is 48.7 Å². The van der Waals surface area contributed by atoms with E-state index in [0.29, 0.717) is 25.1 Å². The van der Waals surface area contributed by atoms with E-state index in [0.717, 1.165) is 11.3 Å². The normalized spacial score (nSPS) is 14.5. The summed E-state index contributed by atoms with van der Waals surface area (Å²) in [4.78, 5) is 29.3. The van der Waals surface area contributed by atoms with Gasteiger partial charge in [-0.05, 0) is 17.7 Å². The molecule has 0 unspecified atom stereocenters. The minimum absolute atomic E-state index is 0.0748. The van der Waals surface area contributed by atoms with Crippen LogP contribution in [0.3, 0.4) is 0 Å². The van der Waals surface area contributed by atoms with Crippen LogP contribution in [0.4, 0.5) is 0 Å². The summed E-state index contributed by atoms with van der Waals surface area (Å²) < 4.78 is 0. The maximum Gasteiger partial charge on any atom is 0.254 e. The van der Waals surface area contributed by atoms with Crippen LogP contribution in [0.5, 0.6) is 0 Å². The number of rotatable bonds is 4. The van der Waals surface area contributed by atoms with Gasteiger partial charge in [0.05, 0.1) is 5.92 Å². The first-order chi connectivity index (χ1) is 10.6. The number of nitrogens with two attached hydrogens (primary N) is 1. The fourth-order valence-corrected chi connectivity index (χ4v) is 2.52. The highest BCUT2D eigenvalue weighted by molar-refractivity contribution is 5.96. The van der Waals surface area contributed by atoms with Crippen molar-refractivity contribution >= 4 is 11.8 Å². The maximum absolute atomic E-state index is 12.3. The summed E-state index contributed by atoms with van der Waals surface area (Å²) in [5.74, 6) is -0.632. The van der Waals surface area contributed by atoms with Crippen molar-refractivity contribution in [2.75, 3.05) is 13.1 Å². The van der Waals surface area contributed by atoms with Crippen LogP contribution < -0.4 is 5.73 Å². The first kappa shape index (κ1) is 14.3. The average molecular weight is 295 g/mol. The first-order valence-electron chi connectivity index (χ1n) is 7.21. The molecule has 0 bridgehead atoms. The lowest BCUT2D eigenvalue weighted by atomic mass is 9.98. The van der Waals surface area contributed by atoms with Crippen molar-refractivity contribution in [1.29, 1.82) is 0 Å². The number of primary amides is 1. The molecule has 22 heavy (non-hydrogen) atoms. The molecule has 1 aromatic carbocycles. The van der Waals surface area contributed by atoms with Gasteiger partial charge >= 0.3 is 0 Å². The number of likely N-dealkylation sites (tertiary alicyclic amines) is 1. The lowest BCUT2D eigenvalue weighted by Crippen LogP contribution is -2.54. The highest BCUT2D eigenvalue weighted by Gasteiger charge is 2.34. The molecule has 1 aromatic heterocycles. The van der Waals surface area contributed by atoms with E-state index >= 15 is 0 Å². The van der Waals surface area contributed by atoms with Gasteiger partial charge in [0, 0.05) is 37.0 Å². The fourth-order valence-electron chi connectivity index (χ4n) is 2.52. The number of hydrogen-bond donors (Lipinski definition) is 1. The standard InChI is InChI=1S/C17H17N3O2/c18-16(21)14-10-20(11-14)17(22)13-6-7-19-15(9-13)8-12-4-2-1-3-5-12/h1-7,9,14H,8,10-11H2,(H2,18,21).